The van der Waals surface area contributed by atoms with Gasteiger partial charge >= 0.3 is 0 Å². The van der Waals surface area contributed by atoms with E-state index in [9.17, 15) is 4.79 Å². The van der Waals surface area contributed by atoms with Crippen molar-refractivity contribution >= 4 is 5.78 Å². The van der Waals surface area contributed by atoms with Gasteiger partial charge in [-0.05, 0) is 46.1 Å². The number of benzene rings is 1. The van der Waals surface area contributed by atoms with E-state index in [1.54, 1.807) is 0 Å². The van der Waals surface area contributed by atoms with Crippen LogP contribution in [0, 0.1) is 12.8 Å². The van der Waals surface area contributed by atoms with Crippen molar-refractivity contribution in [2.75, 3.05) is 6.54 Å². The molecule has 0 aliphatic carbocycles. The number of aryl methyl sites for hydroxylation is 1. The van der Waals surface area contributed by atoms with Gasteiger partial charge in [0, 0.05) is 11.6 Å². The molecule has 0 N–H and O–H groups in total. The Balaban J connectivity index is 2.12. The van der Waals surface area contributed by atoms with Gasteiger partial charge in [0.1, 0.15) is 0 Å². The first-order valence-corrected chi connectivity index (χ1v) is 7.37. The summed E-state index contributed by atoms with van der Waals surface area (Å²) in [6, 6.07) is 8.42. The summed E-state index contributed by atoms with van der Waals surface area (Å²) in [5.41, 5.74) is 2.03. The van der Waals surface area contributed by atoms with Crippen LogP contribution in [0.5, 0.6) is 0 Å². The van der Waals surface area contributed by atoms with Gasteiger partial charge < -0.3 is 0 Å². The Bertz CT molecular complexity index is 437. The number of carbonyl (C=O) groups is 1. The van der Waals surface area contributed by atoms with Crippen molar-refractivity contribution in [1.82, 2.24) is 4.90 Å². The van der Waals surface area contributed by atoms with Crippen molar-refractivity contribution in [3.63, 3.8) is 0 Å². The van der Waals surface area contributed by atoms with Gasteiger partial charge in [-0.15, -0.1) is 0 Å². The van der Waals surface area contributed by atoms with Gasteiger partial charge in [-0.2, -0.15) is 0 Å². The minimum Gasteiger partial charge on any atom is -0.292 e. The van der Waals surface area contributed by atoms with Crippen LogP contribution in [-0.4, -0.2) is 29.3 Å². The van der Waals surface area contributed by atoms with E-state index in [0.29, 0.717) is 12.0 Å². The molecule has 19 heavy (non-hydrogen) atoms. The fourth-order valence-electron chi connectivity index (χ4n) is 3.02. The monoisotopic (exact) mass is 259 g/mol. The highest BCUT2D eigenvalue weighted by atomic mass is 16.1. The lowest BCUT2D eigenvalue weighted by Crippen LogP contribution is -2.50. The predicted octanol–water partition coefficient (Wildman–Crippen LogP) is 3.69. The summed E-state index contributed by atoms with van der Waals surface area (Å²) in [5.74, 6) is 0.933. The second kappa shape index (κ2) is 5.87. The minimum absolute atomic E-state index is 0.0135. The van der Waals surface area contributed by atoms with Gasteiger partial charge in [-0.1, -0.05) is 36.8 Å². The molecule has 1 heterocycles. The zero-order chi connectivity index (χ0) is 14.0. The molecule has 1 aliphatic rings. The zero-order valence-corrected chi connectivity index (χ0v) is 12.5. The highest BCUT2D eigenvalue weighted by molar-refractivity contribution is 5.99. The summed E-state index contributed by atoms with van der Waals surface area (Å²) < 4.78 is 0. The molecule has 2 nitrogen and oxygen atoms in total. The van der Waals surface area contributed by atoms with Crippen molar-refractivity contribution in [3.8, 4) is 0 Å². The topological polar surface area (TPSA) is 20.3 Å². The maximum absolute atomic E-state index is 12.6. The van der Waals surface area contributed by atoms with Crippen LogP contribution in [0.2, 0.25) is 0 Å². The largest absolute Gasteiger partial charge is 0.292 e. The van der Waals surface area contributed by atoms with Crippen LogP contribution in [0.4, 0.5) is 0 Å². The van der Waals surface area contributed by atoms with Crippen molar-refractivity contribution < 1.29 is 4.79 Å². The van der Waals surface area contributed by atoms with Gasteiger partial charge in [0.2, 0.25) is 0 Å². The van der Waals surface area contributed by atoms with E-state index in [1.807, 2.05) is 31.2 Å². The fraction of sp³-hybridized carbons (Fsp3) is 0.588. The zero-order valence-electron chi connectivity index (χ0n) is 12.5. The maximum Gasteiger partial charge on any atom is 0.179 e. The SMILES string of the molecule is Cc1ccc(C(=O)C(C)N2CCCC(C)C2C)cc1. The van der Waals surface area contributed by atoms with Crippen molar-refractivity contribution in [3.05, 3.63) is 35.4 Å². The van der Waals surface area contributed by atoms with Gasteiger partial charge in [0.25, 0.3) is 0 Å². The molecule has 1 aromatic carbocycles. The lowest BCUT2D eigenvalue weighted by molar-refractivity contribution is 0.0569. The van der Waals surface area contributed by atoms with Crippen LogP contribution in [0.25, 0.3) is 0 Å². The van der Waals surface area contributed by atoms with E-state index in [1.165, 1.54) is 18.4 Å². The summed E-state index contributed by atoms with van der Waals surface area (Å²) in [4.78, 5) is 14.9. The minimum atomic E-state index is -0.0135. The summed E-state index contributed by atoms with van der Waals surface area (Å²) in [6.07, 6.45) is 2.49. The third-order valence-corrected chi connectivity index (χ3v) is 4.64. The second-order valence-electron chi connectivity index (χ2n) is 6.00. The first-order valence-electron chi connectivity index (χ1n) is 7.37. The number of hydrogen-bond acceptors (Lipinski definition) is 2. The van der Waals surface area contributed by atoms with E-state index in [2.05, 4.69) is 25.7 Å². The first-order chi connectivity index (χ1) is 9.00. The number of Topliss-reactive ketones (excluding diaryl/α,β-unsaturated/α-hetero) is 1. The molecule has 2 heteroatoms. The summed E-state index contributed by atoms with van der Waals surface area (Å²) in [6.45, 7) is 9.69. The Labute approximate surface area is 116 Å². The van der Waals surface area contributed by atoms with Gasteiger partial charge in [-0.25, -0.2) is 0 Å². The second-order valence-corrected chi connectivity index (χ2v) is 6.00. The number of ketones is 1. The standard InChI is InChI=1S/C17H25NO/c1-12-7-9-16(10-8-12)17(19)15(4)18-11-5-6-13(2)14(18)3/h7-10,13-15H,5-6,11H2,1-4H3. The first kappa shape index (κ1) is 14.3. The van der Waals surface area contributed by atoms with Crippen LogP contribution in [-0.2, 0) is 0 Å². The molecule has 3 atom stereocenters. The Hall–Kier alpha value is -1.15. The maximum atomic E-state index is 12.6. The molecule has 0 radical (unpaired) electrons. The van der Waals surface area contributed by atoms with Crippen LogP contribution in [0.15, 0.2) is 24.3 Å². The number of rotatable bonds is 3. The average Bonchev–Trinajstić information content (AvgIpc) is 2.41. The summed E-state index contributed by atoms with van der Waals surface area (Å²) in [5, 5.41) is 0. The number of carbonyl (C=O) groups excluding carboxylic acids is 1. The molecule has 0 amide bonds. The Morgan fingerprint density at radius 1 is 1.26 bits per heavy atom. The van der Waals surface area contributed by atoms with Gasteiger partial charge in [0.05, 0.1) is 6.04 Å². The Morgan fingerprint density at radius 2 is 1.89 bits per heavy atom. The molecule has 0 aromatic heterocycles. The van der Waals surface area contributed by atoms with Crippen LogP contribution in [0.3, 0.4) is 0 Å². The quantitative estimate of drug-likeness (QED) is 0.772. The molecule has 2 rings (SSSR count). The summed E-state index contributed by atoms with van der Waals surface area (Å²) in [7, 11) is 0. The van der Waals surface area contributed by atoms with E-state index < -0.39 is 0 Å². The third kappa shape index (κ3) is 3.06. The smallest absolute Gasteiger partial charge is 0.179 e. The van der Waals surface area contributed by atoms with Crippen LogP contribution in [0.1, 0.15) is 49.5 Å². The number of piperidine rings is 1. The third-order valence-electron chi connectivity index (χ3n) is 4.64. The molecule has 1 fully saturated rings. The van der Waals surface area contributed by atoms with Crippen molar-refractivity contribution in [2.45, 2.75) is 52.6 Å². The predicted molar refractivity (Wildman–Crippen MR) is 79.5 cm³/mol. The normalized spacial score (nSPS) is 26.1. The van der Waals surface area contributed by atoms with E-state index in [4.69, 9.17) is 0 Å². The van der Waals surface area contributed by atoms with Gasteiger partial charge in [-0.3, -0.25) is 9.69 Å². The molecular formula is C17H25NO. The number of likely N-dealkylation sites (tertiary alicyclic amines) is 1. The van der Waals surface area contributed by atoms with E-state index >= 15 is 0 Å². The van der Waals surface area contributed by atoms with Crippen LogP contribution < -0.4 is 0 Å². The van der Waals surface area contributed by atoms with Crippen molar-refractivity contribution in [2.24, 2.45) is 5.92 Å². The number of hydrogen-bond donors (Lipinski definition) is 0. The molecule has 0 spiro atoms. The molecule has 1 aromatic rings. The Morgan fingerprint density at radius 3 is 2.53 bits per heavy atom. The van der Waals surface area contributed by atoms with E-state index in [0.717, 1.165) is 12.1 Å². The van der Waals surface area contributed by atoms with E-state index in [-0.39, 0.29) is 11.8 Å². The molecule has 3 unspecified atom stereocenters. The summed E-state index contributed by atoms with van der Waals surface area (Å²) >= 11 is 0. The molecule has 0 saturated carbocycles. The molecule has 0 bridgehead atoms. The fourth-order valence-corrected chi connectivity index (χ4v) is 3.02. The molecule has 1 saturated heterocycles. The Kier molecular flexibility index (Phi) is 4.41. The van der Waals surface area contributed by atoms with Crippen molar-refractivity contribution in [1.29, 1.82) is 0 Å². The average molecular weight is 259 g/mol. The lowest BCUT2D eigenvalue weighted by Gasteiger charge is -2.41. The lowest BCUT2D eigenvalue weighted by atomic mass is 9.89. The molecule has 1 aliphatic heterocycles. The highest BCUT2D eigenvalue weighted by Crippen LogP contribution is 2.25. The van der Waals surface area contributed by atoms with Crippen LogP contribution >= 0.6 is 0 Å². The highest BCUT2D eigenvalue weighted by Gasteiger charge is 2.31. The van der Waals surface area contributed by atoms with Gasteiger partial charge in [0.15, 0.2) is 5.78 Å². The molecular weight excluding hydrogens is 234 g/mol. The number of nitrogens with zero attached hydrogens (tertiary/aromatic N) is 1. The molecule has 104 valence electrons.